The summed E-state index contributed by atoms with van der Waals surface area (Å²) in [6, 6.07) is 6.94. The van der Waals surface area contributed by atoms with Gasteiger partial charge in [-0.05, 0) is 57.4 Å². The van der Waals surface area contributed by atoms with Crippen LogP contribution in [0.3, 0.4) is 0 Å². The van der Waals surface area contributed by atoms with Crippen molar-refractivity contribution in [2.24, 2.45) is 11.8 Å². The Morgan fingerprint density at radius 3 is 2.32 bits per heavy atom. The van der Waals surface area contributed by atoms with E-state index in [0.29, 0.717) is 38.0 Å². The highest BCUT2D eigenvalue weighted by atomic mass is 79.9. The molecule has 41 heavy (non-hydrogen) atoms. The number of rotatable bonds is 14. The third-order valence-corrected chi connectivity index (χ3v) is 9.61. The zero-order valence-corrected chi connectivity index (χ0v) is 26.0. The van der Waals surface area contributed by atoms with Crippen molar-refractivity contribution in [3.63, 3.8) is 0 Å². The van der Waals surface area contributed by atoms with Gasteiger partial charge in [-0.15, -0.1) is 13.2 Å². The molecule has 3 aliphatic heterocycles. The van der Waals surface area contributed by atoms with Crippen LogP contribution < -0.4 is 9.80 Å². The normalized spacial score (nSPS) is 28.0. The van der Waals surface area contributed by atoms with Gasteiger partial charge in [0.25, 0.3) is 5.91 Å². The van der Waals surface area contributed by atoms with Gasteiger partial charge in [-0.1, -0.05) is 28.1 Å². The molecule has 1 spiro atoms. The first-order valence-corrected chi connectivity index (χ1v) is 15.5. The molecule has 3 heterocycles. The fourth-order valence-electron chi connectivity index (χ4n) is 6.90. The van der Waals surface area contributed by atoms with Crippen molar-refractivity contribution >= 4 is 45.0 Å². The van der Waals surface area contributed by atoms with E-state index in [-0.39, 0.29) is 35.7 Å². The number of amides is 3. The number of aliphatic hydroxyl groups is 1. The average Bonchev–Trinajstić information content (AvgIpc) is 3.55. The van der Waals surface area contributed by atoms with Gasteiger partial charge in [0.15, 0.2) is 0 Å². The minimum atomic E-state index is -1.14. The third-order valence-electron chi connectivity index (χ3n) is 8.76. The SMILES string of the molecule is C=CCN(C)C(=O)[C@H]1[C@H]2C(=O)N(CCCCO)C(C(=O)N(CC=C)c3ccc(N(CC)CC)cc3)C23CC(Br)[C@@H]1O3. The predicted molar refractivity (Wildman–Crippen MR) is 164 cm³/mol. The number of anilines is 2. The summed E-state index contributed by atoms with van der Waals surface area (Å²) in [6.45, 7) is 14.5. The van der Waals surface area contributed by atoms with E-state index in [1.807, 2.05) is 24.3 Å². The molecule has 224 valence electrons. The number of nitrogens with zero attached hydrogens (tertiary/aromatic N) is 4. The van der Waals surface area contributed by atoms with Gasteiger partial charge in [-0.25, -0.2) is 0 Å². The van der Waals surface area contributed by atoms with E-state index in [2.05, 4.69) is 47.8 Å². The molecule has 10 heteroatoms. The molecule has 0 aromatic heterocycles. The smallest absolute Gasteiger partial charge is 0.253 e. The number of benzene rings is 1. The number of likely N-dealkylation sites (N-methyl/N-ethyl adjacent to an activating group) is 1. The molecule has 4 rings (SSSR count). The average molecular weight is 632 g/mol. The van der Waals surface area contributed by atoms with Crippen LogP contribution in [0.25, 0.3) is 0 Å². The summed E-state index contributed by atoms with van der Waals surface area (Å²) in [5.41, 5.74) is 0.631. The predicted octanol–water partition coefficient (Wildman–Crippen LogP) is 3.22. The van der Waals surface area contributed by atoms with Gasteiger partial charge in [0, 0.05) is 62.6 Å². The summed E-state index contributed by atoms with van der Waals surface area (Å²) in [5.74, 6) is -2.14. The van der Waals surface area contributed by atoms with Gasteiger partial charge in [0.1, 0.15) is 11.6 Å². The second-order valence-electron chi connectivity index (χ2n) is 11.1. The van der Waals surface area contributed by atoms with E-state index < -0.39 is 29.6 Å². The maximum atomic E-state index is 14.6. The lowest BCUT2D eigenvalue weighted by Gasteiger charge is -2.37. The number of hydrogen-bond donors (Lipinski definition) is 1. The Bertz CT molecular complexity index is 1140. The number of aliphatic hydroxyl groups excluding tert-OH is 1. The fraction of sp³-hybridized carbons (Fsp3) is 0.581. The summed E-state index contributed by atoms with van der Waals surface area (Å²) >= 11 is 3.73. The van der Waals surface area contributed by atoms with E-state index in [1.165, 1.54) is 0 Å². The number of unbranched alkanes of at least 4 members (excludes halogenated alkanes) is 1. The van der Waals surface area contributed by atoms with Gasteiger partial charge < -0.3 is 29.4 Å². The standard InChI is InChI=1S/C31H43BrN4O5/c1-6-16-33(5)28(38)24-25-29(39)36(18-10-11-19-37)27(31(25)20-23(32)26(24)41-31)30(40)35(17-7-2)22-14-12-21(13-15-22)34(8-3)9-4/h6-7,12-15,23-27,37H,1-2,8-11,16-20H2,3-5H3/t23?,24-,25-,26-,27?,31?/m0/s1. The molecule has 1 N–H and O–H groups in total. The van der Waals surface area contributed by atoms with Crippen LogP contribution in [0, 0.1) is 11.8 Å². The quantitative estimate of drug-likeness (QED) is 0.193. The van der Waals surface area contributed by atoms with Crippen LogP contribution in [0.2, 0.25) is 0 Å². The van der Waals surface area contributed by atoms with E-state index in [1.54, 1.807) is 33.9 Å². The van der Waals surface area contributed by atoms with E-state index >= 15 is 0 Å². The van der Waals surface area contributed by atoms with Gasteiger partial charge in [0.2, 0.25) is 11.8 Å². The summed E-state index contributed by atoms with van der Waals surface area (Å²) in [4.78, 5) is 49.3. The molecule has 0 saturated carbocycles. The number of halogens is 1. The molecule has 0 radical (unpaired) electrons. The maximum absolute atomic E-state index is 14.6. The lowest BCUT2D eigenvalue weighted by atomic mass is 9.70. The maximum Gasteiger partial charge on any atom is 0.253 e. The van der Waals surface area contributed by atoms with Crippen molar-refractivity contribution in [2.75, 3.05) is 56.2 Å². The van der Waals surface area contributed by atoms with Crippen molar-refractivity contribution in [3.05, 3.63) is 49.6 Å². The molecule has 3 fully saturated rings. The molecule has 3 saturated heterocycles. The largest absolute Gasteiger partial charge is 0.396 e. The number of likely N-dealkylation sites (tertiary alicyclic amines) is 1. The molecule has 6 atom stereocenters. The molecule has 0 aliphatic carbocycles. The van der Waals surface area contributed by atoms with Gasteiger partial charge in [0.05, 0.1) is 17.9 Å². The number of alkyl halides is 1. The molecule has 3 aliphatic rings. The van der Waals surface area contributed by atoms with Crippen LogP contribution in [0.1, 0.15) is 33.1 Å². The summed E-state index contributed by atoms with van der Waals surface area (Å²) in [6.07, 6.45) is 4.29. The minimum Gasteiger partial charge on any atom is -0.396 e. The Morgan fingerprint density at radius 2 is 1.73 bits per heavy atom. The molecule has 3 amide bonds. The summed E-state index contributed by atoms with van der Waals surface area (Å²) < 4.78 is 6.63. The molecular formula is C31H43BrN4O5. The van der Waals surface area contributed by atoms with Crippen molar-refractivity contribution in [2.45, 2.75) is 55.7 Å². The van der Waals surface area contributed by atoms with E-state index in [9.17, 15) is 19.5 Å². The molecule has 3 unspecified atom stereocenters. The Kier molecular flexibility index (Phi) is 9.97. The van der Waals surface area contributed by atoms with Crippen LogP contribution in [-0.4, -0.2) is 102 Å². The third kappa shape index (κ3) is 5.46. The second-order valence-corrected chi connectivity index (χ2v) is 12.2. The highest BCUT2D eigenvalue weighted by molar-refractivity contribution is 9.09. The summed E-state index contributed by atoms with van der Waals surface area (Å²) in [7, 11) is 1.70. The van der Waals surface area contributed by atoms with Gasteiger partial charge in [-0.2, -0.15) is 0 Å². The Morgan fingerprint density at radius 1 is 1.10 bits per heavy atom. The Labute approximate surface area is 251 Å². The second kappa shape index (κ2) is 13.1. The topological polar surface area (TPSA) is 93.6 Å². The number of carbonyl (C=O) groups excluding carboxylic acids is 3. The van der Waals surface area contributed by atoms with Crippen LogP contribution in [0.5, 0.6) is 0 Å². The highest BCUT2D eigenvalue weighted by Crippen LogP contribution is 2.60. The number of fused-ring (bicyclic) bond motifs is 1. The first kappa shape index (κ1) is 31.3. The number of carbonyl (C=O) groups is 3. The van der Waals surface area contributed by atoms with Crippen molar-refractivity contribution < 1.29 is 24.2 Å². The molecule has 1 aromatic rings. The highest BCUT2D eigenvalue weighted by Gasteiger charge is 2.76. The van der Waals surface area contributed by atoms with E-state index in [0.717, 1.165) is 18.8 Å². The zero-order valence-electron chi connectivity index (χ0n) is 24.4. The monoisotopic (exact) mass is 630 g/mol. The van der Waals surface area contributed by atoms with Crippen molar-refractivity contribution in [3.8, 4) is 0 Å². The lowest BCUT2D eigenvalue weighted by molar-refractivity contribution is -0.144. The lowest BCUT2D eigenvalue weighted by Crippen LogP contribution is -2.57. The molecule has 1 aromatic carbocycles. The number of hydrogen-bond acceptors (Lipinski definition) is 6. The summed E-state index contributed by atoms with van der Waals surface area (Å²) in [5, 5.41) is 9.43. The van der Waals surface area contributed by atoms with Crippen LogP contribution in [0.15, 0.2) is 49.6 Å². The van der Waals surface area contributed by atoms with E-state index in [4.69, 9.17) is 4.74 Å². The van der Waals surface area contributed by atoms with Crippen molar-refractivity contribution in [1.29, 1.82) is 0 Å². The number of ether oxygens (including phenoxy) is 1. The van der Waals surface area contributed by atoms with Gasteiger partial charge >= 0.3 is 0 Å². The van der Waals surface area contributed by atoms with Crippen LogP contribution in [0.4, 0.5) is 11.4 Å². The molecular weight excluding hydrogens is 588 g/mol. The first-order chi connectivity index (χ1) is 19.7. The zero-order chi connectivity index (χ0) is 29.9. The molecule has 9 nitrogen and oxygen atoms in total. The van der Waals surface area contributed by atoms with Gasteiger partial charge in [-0.3, -0.25) is 14.4 Å². The van der Waals surface area contributed by atoms with Crippen molar-refractivity contribution in [1.82, 2.24) is 9.80 Å². The Balaban J connectivity index is 1.75. The van der Waals surface area contributed by atoms with Crippen LogP contribution in [-0.2, 0) is 19.1 Å². The molecule has 2 bridgehead atoms. The first-order valence-electron chi connectivity index (χ1n) is 14.6. The fourth-order valence-corrected chi connectivity index (χ4v) is 7.84. The Hall–Kier alpha value is -2.69. The van der Waals surface area contributed by atoms with Crippen LogP contribution >= 0.6 is 15.9 Å². The minimum absolute atomic E-state index is 0.00774.